The predicted molar refractivity (Wildman–Crippen MR) is 65.5 cm³/mol. The van der Waals surface area contributed by atoms with Crippen molar-refractivity contribution in [3.05, 3.63) is 28.2 Å². The van der Waals surface area contributed by atoms with E-state index >= 15 is 0 Å². The number of nitrogens with zero attached hydrogens (tertiary/aromatic N) is 1. The molecule has 2 amide bonds. The third kappa shape index (κ3) is 2.11. The maximum absolute atomic E-state index is 12.5. The Balaban J connectivity index is 2.36. The first-order valence-electron chi connectivity index (χ1n) is 5.23. The summed E-state index contributed by atoms with van der Waals surface area (Å²) in [4.78, 5) is 24.5. The number of carbonyl (C=O) groups is 2. The molecular formula is C12H11BrFNO2. The van der Waals surface area contributed by atoms with Crippen molar-refractivity contribution in [1.29, 1.82) is 0 Å². The number of imide groups is 1. The molecule has 0 bridgehead atoms. The summed E-state index contributed by atoms with van der Waals surface area (Å²) in [5, 5.41) is 0. The molecule has 5 heteroatoms. The maximum Gasteiger partial charge on any atom is 0.240 e. The number of halogens is 2. The average Bonchev–Trinajstić information content (AvgIpc) is 2.58. The number of amides is 2. The number of benzene rings is 1. The highest BCUT2D eigenvalue weighted by molar-refractivity contribution is 9.10. The van der Waals surface area contributed by atoms with Crippen molar-refractivity contribution in [2.75, 3.05) is 11.6 Å². The Bertz CT molecular complexity index is 489. The molecule has 2 rings (SSSR count). The molecule has 0 spiro atoms. The second-order valence-electron chi connectivity index (χ2n) is 4.06. The SMILES string of the molecule is Cc1cc(N2C(=O)CC(CF)C2=O)ccc1Br. The Morgan fingerprint density at radius 3 is 2.71 bits per heavy atom. The van der Waals surface area contributed by atoms with E-state index < -0.39 is 18.5 Å². The van der Waals surface area contributed by atoms with Crippen LogP contribution in [-0.4, -0.2) is 18.5 Å². The zero-order valence-electron chi connectivity index (χ0n) is 9.24. The van der Waals surface area contributed by atoms with Crippen LogP contribution in [0.3, 0.4) is 0 Å². The largest absolute Gasteiger partial charge is 0.274 e. The third-order valence-corrected chi connectivity index (χ3v) is 3.72. The third-order valence-electron chi connectivity index (χ3n) is 2.83. The Hall–Kier alpha value is -1.23. The van der Waals surface area contributed by atoms with Crippen LogP contribution >= 0.6 is 15.9 Å². The van der Waals surface area contributed by atoms with Crippen LogP contribution in [0.4, 0.5) is 10.1 Å². The molecule has 17 heavy (non-hydrogen) atoms. The van der Waals surface area contributed by atoms with Crippen molar-refractivity contribution in [3.8, 4) is 0 Å². The van der Waals surface area contributed by atoms with Crippen molar-refractivity contribution in [1.82, 2.24) is 0 Å². The molecule has 1 atom stereocenters. The molecule has 3 nitrogen and oxygen atoms in total. The van der Waals surface area contributed by atoms with Crippen LogP contribution in [0.1, 0.15) is 12.0 Å². The molecule has 1 aliphatic rings. The molecule has 1 heterocycles. The highest BCUT2D eigenvalue weighted by Gasteiger charge is 2.39. The molecule has 0 saturated carbocycles. The van der Waals surface area contributed by atoms with Gasteiger partial charge in [0.2, 0.25) is 11.8 Å². The van der Waals surface area contributed by atoms with Gasteiger partial charge in [-0.15, -0.1) is 0 Å². The van der Waals surface area contributed by atoms with Crippen LogP contribution in [0.2, 0.25) is 0 Å². The second kappa shape index (κ2) is 4.56. The van der Waals surface area contributed by atoms with Gasteiger partial charge in [0.05, 0.1) is 11.6 Å². The smallest absolute Gasteiger partial charge is 0.240 e. The summed E-state index contributed by atoms with van der Waals surface area (Å²) in [7, 11) is 0. The lowest BCUT2D eigenvalue weighted by Crippen LogP contribution is -2.30. The fourth-order valence-corrected chi connectivity index (χ4v) is 2.10. The number of carbonyl (C=O) groups excluding carboxylic acids is 2. The minimum absolute atomic E-state index is 0.0373. The number of alkyl halides is 1. The number of hydrogen-bond donors (Lipinski definition) is 0. The van der Waals surface area contributed by atoms with Gasteiger partial charge < -0.3 is 0 Å². The molecule has 90 valence electrons. The quantitative estimate of drug-likeness (QED) is 0.787. The van der Waals surface area contributed by atoms with Crippen molar-refractivity contribution >= 4 is 33.4 Å². The fraction of sp³-hybridized carbons (Fsp3) is 0.333. The van der Waals surface area contributed by atoms with Crippen molar-refractivity contribution < 1.29 is 14.0 Å². The highest BCUT2D eigenvalue weighted by Crippen LogP contribution is 2.29. The normalized spacial score (nSPS) is 20.2. The van der Waals surface area contributed by atoms with Crippen LogP contribution in [0.15, 0.2) is 22.7 Å². The molecule has 0 aromatic heterocycles. The van der Waals surface area contributed by atoms with Gasteiger partial charge in [-0.1, -0.05) is 15.9 Å². The van der Waals surface area contributed by atoms with Gasteiger partial charge in [0.25, 0.3) is 0 Å². The summed E-state index contributed by atoms with van der Waals surface area (Å²) in [6, 6.07) is 5.18. The van der Waals surface area contributed by atoms with E-state index in [9.17, 15) is 14.0 Å². The van der Waals surface area contributed by atoms with E-state index in [0.717, 1.165) is 14.9 Å². The van der Waals surface area contributed by atoms with Crippen molar-refractivity contribution in [2.24, 2.45) is 5.92 Å². The number of rotatable bonds is 2. The summed E-state index contributed by atoms with van der Waals surface area (Å²) < 4.78 is 13.5. The Kier molecular flexibility index (Phi) is 3.28. The fourth-order valence-electron chi connectivity index (χ4n) is 1.85. The Morgan fingerprint density at radius 2 is 2.18 bits per heavy atom. The summed E-state index contributed by atoms with van der Waals surface area (Å²) in [6.45, 7) is 1.09. The first kappa shape index (κ1) is 12.2. The highest BCUT2D eigenvalue weighted by atomic mass is 79.9. The van der Waals surface area contributed by atoms with Gasteiger partial charge in [0, 0.05) is 10.9 Å². The molecular weight excluding hydrogens is 289 g/mol. The van der Waals surface area contributed by atoms with Crippen LogP contribution < -0.4 is 4.90 Å². The summed E-state index contributed by atoms with van der Waals surface area (Å²) in [5.74, 6) is -1.59. The van der Waals surface area contributed by atoms with Gasteiger partial charge >= 0.3 is 0 Å². The summed E-state index contributed by atoms with van der Waals surface area (Å²) in [5.41, 5.74) is 1.43. The molecule has 0 N–H and O–H groups in total. The van der Waals surface area contributed by atoms with E-state index in [4.69, 9.17) is 0 Å². The first-order chi connectivity index (χ1) is 8.04. The van der Waals surface area contributed by atoms with E-state index in [1.54, 1.807) is 18.2 Å². The van der Waals surface area contributed by atoms with Crippen LogP contribution in [0.5, 0.6) is 0 Å². The monoisotopic (exact) mass is 299 g/mol. The zero-order valence-corrected chi connectivity index (χ0v) is 10.8. The van der Waals surface area contributed by atoms with E-state index in [2.05, 4.69) is 15.9 Å². The molecule has 0 radical (unpaired) electrons. The predicted octanol–water partition coefficient (Wildman–Crippen LogP) is 2.61. The molecule has 1 unspecified atom stereocenters. The minimum atomic E-state index is -0.813. The lowest BCUT2D eigenvalue weighted by atomic mass is 10.1. The van der Waals surface area contributed by atoms with E-state index in [1.165, 1.54) is 0 Å². The second-order valence-corrected chi connectivity index (χ2v) is 4.91. The minimum Gasteiger partial charge on any atom is -0.274 e. The van der Waals surface area contributed by atoms with Crippen molar-refractivity contribution in [2.45, 2.75) is 13.3 Å². The summed E-state index contributed by atoms with van der Waals surface area (Å²) >= 11 is 3.35. The van der Waals surface area contributed by atoms with Gasteiger partial charge in [0.15, 0.2) is 0 Å². The number of aryl methyl sites for hydroxylation is 1. The van der Waals surface area contributed by atoms with Crippen LogP contribution in [0, 0.1) is 12.8 Å². The first-order valence-corrected chi connectivity index (χ1v) is 6.03. The van der Waals surface area contributed by atoms with Gasteiger partial charge in [0.1, 0.15) is 6.67 Å². The molecule has 1 fully saturated rings. The average molecular weight is 300 g/mol. The van der Waals surface area contributed by atoms with Gasteiger partial charge in [-0.3, -0.25) is 18.9 Å². The van der Waals surface area contributed by atoms with E-state index in [-0.39, 0.29) is 12.3 Å². The topological polar surface area (TPSA) is 37.4 Å². The van der Waals surface area contributed by atoms with Crippen LogP contribution in [-0.2, 0) is 9.59 Å². The molecule has 1 aromatic rings. The number of anilines is 1. The van der Waals surface area contributed by atoms with E-state index in [0.29, 0.717) is 5.69 Å². The molecule has 1 saturated heterocycles. The lowest BCUT2D eigenvalue weighted by molar-refractivity contribution is -0.122. The van der Waals surface area contributed by atoms with Gasteiger partial charge in [-0.05, 0) is 30.7 Å². The Labute approximate surface area is 107 Å². The number of hydrogen-bond acceptors (Lipinski definition) is 2. The maximum atomic E-state index is 12.5. The molecule has 0 aliphatic carbocycles. The van der Waals surface area contributed by atoms with Crippen LogP contribution in [0.25, 0.3) is 0 Å². The lowest BCUT2D eigenvalue weighted by Gasteiger charge is -2.15. The molecule has 1 aliphatic heterocycles. The molecule has 1 aromatic carbocycles. The van der Waals surface area contributed by atoms with Crippen molar-refractivity contribution in [3.63, 3.8) is 0 Å². The zero-order chi connectivity index (χ0) is 12.6. The Morgan fingerprint density at radius 1 is 1.47 bits per heavy atom. The van der Waals surface area contributed by atoms with E-state index in [1.807, 2.05) is 6.92 Å². The standard InChI is InChI=1S/C12H11BrFNO2/c1-7-4-9(2-3-10(7)13)15-11(16)5-8(6-14)12(15)17/h2-4,8H,5-6H2,1H3. The van der Waals surface area contributed by atoms with Gasteiger partial charge in [-0.2, -0.15) is 0 Å². The summed E-state index contributed by atoms with van der Waals surface area (Å²) in [6.07, 6.45) is -0.0373. The van der Waals surface area contributed by atoms with Gasteiger partial charge in [-0.25, -0.2) is 0 Å².